The molecule has 0 aromatic heterocycles. The highest BCUT2D eigenvalue weighted by atomic mass is 31.2. The van der Waals surface area contributed by atoms with Crippen molar-refractivity contribution in [3.63, 3.8) is 0 Å². The van der Waals surface area contributed by atoms with Crippen LogP contribution in [0, 0.1) is 0 Å². The van der Waals surface area contributed by atoms with E-state index in [1.54, 1.807) is 0 Å². The number of phosphoric acid groups is 1. The summed E-state index contributed by atoms with van der Waals surface area (Å²) < 4.78 is 32.6. The zero-order valence-corrected chi connectivity index (χ0v) is 27.1. The van der Waals surface area contributed by atoms with Crippen LogP contribution in [0.3, 0.4) is 0 Å². The molecule has 244 valence electrons. The van der Waals surface area contributed by atoms with Crippen LogP contribution < -0.4 is 0 Å². The summed E-state index contributed by atoms with van der Waals surface area (Å²) in [5.74, 6) is -1.28. The predicted molar refractivity (Wildman–Crippen MR) is 162 cm³/mol. The van der Waals surface area contributed by atoms with Crippen LogP contribution in [0.4, 0.5) is 0 Å². The zero-order valence-electron chi connectivity index (χ0n) is 26.2. The molecule has 0 fully saturated rings. The summed E-state index contributed by atoms with van der Waals surface area (Å²) in [6.45, 7) is 2.93. The molecule has 3 unspecified atom stereocenters. The van der Waals surface area contributed by atoms with Crippen molar-refractivity contribution in [2.75, 3.05) is 47.5 Å². The summed E-state index contributed by atoms with van der Waals surface area (Å²) in [5.41, 5.74) is 0. The number of nitrogens with zero attached hydrogens (tertiary/aromatic N) is 1. The summed E-state index contributed by atoms with van der Waals surface area (Å²) in [6.07, 6.45) is 16.3. The number of hydrogen-bond donors (Lipinski definition) is 3. The molecule has 0 aromatic carbocycles. The molecule has 0 rings (SSSR count). The first-order valence-corrected chi connectivity index (χ1v) is 16.3. The van der Waals surface area contributed by atoms with E-state index in [0.717, 1.165) is 19.3 Å². The van der Waals surface area contributed by atoms with Gasteiger partial charge in [-0.25, -0.2) is 4.57 Å². The minimum absolute atomic E-state index is 0.0240. The van der Waals surface area contributed by atoms with Gasteiger partial charge in [0.15, 0.2) is 6.10 Å². The Morgan fingerprint density at radius 3 is 2.14 bits per heavy atom. The van der Waals surface area contributed by atoms with Gasteiger partial charge in [-0.15, -0.1) is 0 Å². The first kappa shape index (κ1) is 40.1. The molecule has 0 saturated carbocycles. The van der Waals surface area contributed by atoms with Crippen LogP contribution in [-0.4, -0.2) is 97.3 Å². The first-order chi connectivity index (χ1) is 19.8. The maximum atomic E-state index is 12.3. The smallest absolute Gasteiger partial charge is 0.462 e. The summed E-state index contributed by atoms with van der Waals surface area (Å²) in [5, 5.41) is 20.4. The molecular formula is C30H55NO10P+. The molecule has 3 N–H and O–H groups in total. The van der Waals surface area contributed by atoms with Gasteiger partial charge in [0, 0.05) is 13.3 Å². The number of hydrogen-bond acceptors (Lipinski definition) is 9. The van der Waals surface area contributed by atoms with Crippen molar-refractivity contribution in [2.45, 2.75) is 96.4 Å². The van der Waals surface area contributed by atoms with Crippen LogP contribution >= 0.6 is 7.82 Å². The van der Waals surface area contributed by atoms with Gasteiger partial charge in [-0.2, -0.15) is 0 Å². The van der Waals surface area contributed by atoms with Gasteiger partial charge in [0.2, 0.25) is 0 Å². The average Bonchev–Trinajstić information content (AvgIpc) is 2.89. The number of ether oxygens (including phenoxy) is 2. The Labute approximate surface area is 252 Å². The number of likely N-dealkylation sites (N-methyl/N-ethyl adjacent to an activating group) is 1. The molecule has 4 atom stereocenters. The molecule has 0 radical (unpaired) electrons. The van der Waals surface area contributed by atoms with Crippen molar-refractivity contribution in [2.24, 2.45) is 0 Å². The highest BCUT2D eigenvalue weighted by Gasteiger charge is 2.27. The minimum Gasteiger partial charge on any atom is -0.462 e. The third-order valence-electron chi connectivity index (χ3n) is 5.93. The number of quaternary nitrogens is 1. The van der Waals surface area contributed by atoms with E-state index in [2.05, 4.69) is 31.2 Å². The number of unbranched alkanes of at least 4 members (excludes halogenated alkanes) is 3. The van der Waals surface area contributed by atoms with Crippen molar-refractivity contribution >= 4 is 19.8 Å². The second kappa shape index (κ2) is 23.6. The van der Waals surface area contributed by atoms with Gasteiger partial charge >= 0.3 is 19.8 Å². The topological polar surface area (TPSA) is 149 Å². The first-order valence-electron chi connectivity index (χ1n) is 14.8. The monoisotopic (exact) mass is 620 g/mol. The molecule has 12 heteroatoms. The van der Waals surface area contributed by atoms with Crippen LogP contribution in [0.15, 0.2) is 36.5 Å². The number of allylic oxidation sites excluding steroid dienone is 5. The lowest BCUT2D eigenvalue weighted by molar-refractivity contribution is -0.870. The fraction of sp³-hybridized carbons (Fsp3) is 0.733. The molecule has 11 nitrogen and oxygen atoms in total. The standard InChI is InChI=1S/C30H54NO10P/c1-6-7-8-9-10-11-12-13-14-15-16-17-19-28(33)29(34)20-18-21-30(35)41-27(24-38-26(2)32)25-40-42(36,37)39-23-22-31(3,4)5/h10-11,13-14,16-17,27-29,33-34H,6-9,12,15,18-25H2,1-5H3/p+1/b11-10-,14-13-,17-16-/t27-,28?,29?/m1/s1. The average molecular weight is 621 g/mol. The maximum absolute atomic E-state index is 12.3. The lowest BCUT2D eigenvalue weighted by Crippen LogP contribution is -2.37. The number of aliphatic hydroxyl groups is 2. The van der Waals surface area contributed by atoms with E-state index < -0.39 is 44.7 Å². The number of carbonyl (C=O) groups is 2. The molecule has 0 aliphatic carbocycles. The molecule has 0 bridgehead atoms. The molecule has 0 aliphatic heterocycles. The maximum Gasteiger partial charge on any atom is 0.472 e. The Kier molecular flexibility index (Phi) is 22.5. The van der Waals surface area contributed by atoms with Crippen LogP contribution in [0.5, 0.6) is 0 Å². The highest BCUT2D eigenvalue weighted by Crippen LogP contribution is 2.43. The lowest BCUT2D eigenvalue weighted by Gasteiger charge is -2.24. The Morgan fingerprint density at radius 1 is 0.881 bits per heavy atom. The van der Waals surface area contributed by atoms with E-state index in [-0.39, 0.29) is 38.9 Å². The zero-order chi connectivity index (χ0) is 31.9. The molecular weight excluding hydrogens is 565 g/mol. The van der Waals surface area contributed by atoms with E-state index in [9.17, 15) is 29.3 Å². The summed E-state index contributed by atoms with van der Waals surface area (Å²) in [7, 11) is 1.28. The fourth-order valence-electron chi connectivity index (χ4n) is 3.43. The van der Waals surface area contributed by atoms with E-state index in [1.807, 2.05) is 33.3 Å². The molecule has 0 amide bonds. The van der Waals surface area contributed by atoms with Gasteiger partial charge in [-0.1, -0.05) is 56.2 Å². The van der Waals surface area contributed by atoms with Crippen molar-refractivity contribution < 1.29 is 52.3 Å². The Hall–Kier alpha value is -1.85. The second-order valence-corrected chi connectivity index (χ2v) is 12.6. The van der Waals surface area contributed by atoms with E-state index >= 15 is 0 Å². The third-order valence-corrected chi connectivity index (χ3v) is 6.92. The van der Waals surface area contributed by atoms with Gasteiger partial charge in [0.1, 0.15) is 19.8 Å². The second-order valence-electron chi connectivity index (χ2n) is 11.2. The van der Waals surface area contributed by atoms with Gasteiger partial charge in [-0.05, 0) is 44.9 Å². The quantitative estimate of drug-likeness (QED) is 0.0434. The van der Waals surface area contributed by atoms with Gasteiger partial charge < -0.3 is 29.1 Å². The molecule has 0 aromatic rings. The summed E-state index contributed by atoms with van der Waals surface area (Å²) >= 11 is 0. The normalized spacial score (nSPS) is 16.1. The minimum atomic E-state index is -4.41. The Bertz CT molecular complexity index is 869. The van der Waals surface area contributed by atoms with Gasteiger partial charge in [0.25, 0.3) is 0 Å². The Balaban J connectivity index is 4.39. The molecule has 0 saturated heterocycles. The lowest BCUT2D eigenvalue weighted by atomic mass is 10.0. The number of carbonyl (C=O) groups excluding carboxylic acids is 2. The fourth-order valence-corrected chi connectivity index (χ4v) is 4.17. The van der Waals surface area contributed by atoms with E-state index in [0.29, 0.717) is 11.0 Å². The van der Waals surface area contributed by atoms with Crippen molar-refractivity contribution in [1.82, 2.24) is 0 Å². The number of phosphoric ester groups is 1. The van der Waals surface area contributed by atoms with E-state index in [1.165, 1.54) is 26.2 Å². The van der Waals surface area contributed by atoms with Crippen LogP contribution in [0.2, 0.25) is 0 Å². The van der Waals surface area contributed by atoms with Crippen molar-refractivity contribution in [1.29, 1.82) is 0 Å². The predicted octanol–water partition coefficient (Wildman–Crippen LogP) is 4.61. The largest absolute Gasteiger partial charge is 0.472 e. The van der Waals surface area contributed by atoms with Gasteiger partial charge in [0.05, 0.1) is 40.0 Å². The summed E-state index contributed by atoms with van der Waals surface area (Å²) in [6, 6.07) is 0. The van der Waals surface area contributed by atoms with Crippen LogP contribution in [0.25, 0.3) is 0 Å². The highest BCUT2D eigenvalue weighted by molar-refractivity contribution is 7.47. The third kappa shape index (κ3) is 25.8. The Morgan fingerprint density at radius 2 is 1.52 bits per heavy atom. The van der Waals surface area contributed by atoms with Crippen molar-refractivity contribution in [3.05, 3.63) is 36.5 Å². The van der Waals surface area contributed by atoms with E-state index in [4.69, 9.17) is 18.5 Å². The SMILES string of the molecule is CCCCC/C=C\C/C=C\C/C=C\CC(O)C(O)CCCC(=O)O[C@H](COC(C)=O)COP(=O)(O)OCC[N+](C)(C)C. The molecule has 0 aliphatic rings. The van der Waals surface area contributed by atoms with Crippen LogP contribution in [0.1, 0.15) is 78.1 Å². The van der Waals surface area contributed by atoms with Crippen LogP contribution in [-0.2, 0) is 32.7 Å². The van der Waals surface area contributed by atoms with Crippen molar-refractivity contribution in [3.8, 4) is 0 Å². The molecule has 0 heterocycles. The van der Waals surface area contributed by atoms with Gasteiger partial charge in [-0.3, -0.25) is 18.6 Å². The number of esters is 2. The number of aliphatic hydroxyl groups excluding tert-OH is 2. The molecule has 0 spiro atoms. The number of rotatable bonds is 25. The summed E-state index contributed by atoms with van der Waals surface area (Å²) in [4.78, 5) is 33.4. The molecule has 42 heavy (non-hydrogen) atoms.